The van der Waals surface area contributed by atoms with Crippen LogP contribution in [-0.4, -0.2) is 50.7 Å². The van der Waals surface area contributed by atoms with Crippen LogP contribution in [-0.2, 0) is 13.0 Å². The minimum atomic E-state index is -0.467. The molecule has 0 aromatic carbocycles. The maximum Gasteiger partial charge on any atom is 0.325 e. The van der Waals surface area contributed by atoms with Gasteiger partial charge in [0.25, 0.3) is 0 Å². The Labute approximate surface area is 163 Å². The van der Waals surface area contributed by atoms with E-state index in [1.807, 2.05) is 0 Å². The topological polar surface area (TPSA) is 162 Å². The monoisotopic (exact) mass is 394 g/mol. The third kappa shape index (κ3) is 3.59. The summed E-state index contributed by atoms with van der Waals surface area (Å²) in [5.74, 6) is 0.803. The molecule has 0 bridgehead atoms. The van der Waals surface area contributed by atoms with Gasteiger partial charge in [-0.2, -0.15) is 19.6 Å². The first-order valence-electron chi connectivity index (χ1n) is 9.16. The molecule has 1 fully saturated rings. The van der Waals surface area contributed by atoms with E-state index < -0.39 is 5.69 Å². The summed E-state index contributed by atoms with van der Waals surface area (Å²) in [5, 5.41) is 20.8. The van der Waals surface area contributed by atoms with Crippen LogP contribution < -0.4 is 16.3 Å². The van der Waals surface area contributed by atoms with Crippen molar-refractivity contribution in [3.8, 4) is 5.88 Å². The fraction of sp³-hybridized carbons (Fsp3) is 0.294. The zero-order chi connectivity index (χ0) is 19.8. The number of nitrogens with zero attached hydrogens (tertiary/aromatic N) is 6. The summed E-state index contributed by atoms with van der Waals surface area (Å²) in [6, 6.07) is 0.374. The van der Waals surface area contributed by atoms with Crippen LogP contribution in [0.1, 0.15) is 29.8 Å². The van der Waals surface area contributed by atoms with Crippen molar-refractivity contribution in [1.29, 1.82) is 0 Å². The third-order valence-electron chi connectivity index (χ3n) is 4.55. The van der Waals surface area contributed by atoms with Crippen molar-refractivity contribution >= 4 is 17.5 Å². The Morgan fingerprint density at radius 1 is 1.21 bits per heavy atom. The van der Waals surface area contributed by atoms with E-state index in [-0.39, 0.29) is 12.3 Å². The van der Waals surface area contributed by atoms with Crippen LogP contribution >= 0.6 is 0 Å². The van der Waals surface area contributed by atoms with Crippen molar-refractivity contribution in [3.63, 3.8) is 0 Å². The minimum Gasteiger partial charge on any atom is -0.493 e. The number of rotatable bonds is 7. The summed E-state index contributed by atoms with van der Waals surface area (Å²) in [7, 11) is 0. The molecule has 1 saturated carbocycles. The number of aromatic hydroxyl groups is 1. The van der Waals surface area contributed by atoms with Crippen LogP contribution in [0.5, 0.6) is 5.88 Å². The lowest BCUT2D eigenvalue weighted by atomic mass is 10.2. The molecule has 0 spiro atoms. The van der Waals surface area contributed by atoms with Gasteiger partial charge in [0.05, 0.1) is 30.3 Å². The normalized spacial score (nSPS) is 13.7. The number of aromatic amines is 2. The average Bonchev–Trinajstić information content (AvgIpc) is 3.36. The molecular formula is C17H18N10O2. The molecule has 12 heteroatoms. The molecule has 0 radical (unpaired) electrons. The number of hydrogen-bond acceptors (Lipinski definition) is 9. The van der Waals surface area contributed by atoms with Crippen LogP contribution in [0.4, 0.5) is 11.9 Å². The second-order valence-corrected chi connectivity index (χ2v) is 6.83. The molecule has 148 valence electrons. The Hall–Kier alpha value is -3.96. The van der Waals surface area contributed by atoms with Gasteiger partial charge in [-0.05, 0) is 12.8 Å². The van der Waals surface area contributed by atoms with Gasteiger partial charge < -0.3 is 20.7 Å². The number of anilines is 2. The molecule has 0 aliphatic heterocycles. The Bertz CT molecular complexity index is 1210. The van der Waals surface area contributed by atoms with Crippen LogP contribution in [0, 0.1) is 0 Å². The zero-order valence-electron chi connectivity index (χ0n) is 15.3. The van der Waals surface area contributed by atoms with E-state index in [1.54, 1.807) is 29.3 Å². The first-order chi connectivity index (χ1) is 14.2. The molecule has 5 rings (SSSR count). The molecule has 0 amide bonds. The van der Waals surface area contributed by atoms with E-state index in [9.17, 15) is 9.90 Å². The number of hydrogen-bond donors (Lipinski definition) is 5. The number of imidazole rings is 1. The Kier molecular flexibility index (Phi) is 4.08. The van der Waals surface area contributed by atoms with Gasteiger partial charge in [-0.15, -0.1) is 0 Å². The molecule has 4 heterocycles. The Morgan fingerprint density at radius 2 is 2.10 bits per heavy atom. The first kappa shape index (κ1) is 17.2. The average molecular weight is 394 g/mol. The standard InChI is InChI=1S/C17H18N10O2/c28-14-12(23-17(29)25-14)5-9-6-21-27-13(9)24-15(26-16(27)22-10-1-2-10)20-8-11-7-18-3-4-19-11/h3-4,6-7,10,28H,1-2,5,8H2,(H2,23,25,29)(H2,20,22,24,26). The van der Waals surface area contributed by atoms with Crippen molar-refractivity contribution in [2.75, 3.05) is 10.6 Å². The first-order valence-corrected chi connectivity index (χ1v) is 9.16. The highest BCUT2D eigenvalue weighted by Crippen LogP contribution is 2.26. The molecule has 0 unspecified atom stereocenters. The summed E-state index contributed by atoms with van der Waals surface area (Å²) in [6.07, 6.45) is 8.99. The van der Waals surface area contributed by atoms with E-state index >= 15 is 0 Å². The van der Waals surface area contributed by atoms with E-state index in [2.05, 4.69) is 45.6 Å². The highest BCUT2D eigenvalue weighted by Gasteiger charge is 2.24. The highest BCUT2D eigenvalue weighted by molar-refractivity contribution is 5.56. The summed E-state index contributed by atoms with van der Waals surface area (Å²) < 4.78 is 1.63. The van der Waals surface area contributed by atoms with Gasteiger partial charge in [-0.25, -0.2) is 4.79 Å². The second-order valence-electron chi connectivity index (χ2n) is 6.83. The van der Waals surface area contributed by atoms with Gasteiger partial charge in [0.15, 0.2) is 5.65 Å². The van der Waals surface area contributed by atoms with Crippen molar-refractivity contribution in [1.82, 2.24) is 39.5 Å². The summed E-state index contributed by atoms with van der Waals surface area (Å²) in [6.45, 7) is 0.419. The Balaban J connectivity index is 1.49. The van der Waals surface area contributed by atoms with E-state index in [4.69, 9.17) is 0 Å². The van der Waals surface area contributed by atoms with E-state index in [1.165, 1.54) is 0 Å². The minimum absolute atomic E-state index is 0.194. The summed E-state index contributed by atoms with van der Waals surface area (Å²) >= 11 is 0. The van der Waals surface area contributed by atoms with Crippen molar-refractivity contribution in [2.24, 2.45) is 0 Å². The highest BCUT2D eigenvalue weighted by atomic mass is 16.3. The number of aromatic nitrogens is 8. The summed E-state index contributed by atoms with van der Waals surface area (Å²) in [5.41, 5.74) is 1.97. The number of nitrogens with one attached hydrogen (secondary N) is 4. The molecule has 4 aromatic heterocycles. The lowest BCUT2D eigenvalue weighted by molar-refractivity contribution is 0.450. The van der Waals surface area contributed by atoms with Gasteiger partial charge >= 0.3 is 5.69 Å². The molecule has 12 nitrogen and oxygen atoms in total. The van der Waals surface area contributed by atoms with Crippen LogP contribution in [0.2, 0.25) is 0 Å². The molecule has 29 heavy (non-hydrogen) atoms. The molecule has 5 N–H and O–H groups in total. The largest absolute Gasteiger partial charge is 0.493 e. The fourth-order valence-corrected chi connectivity index (χ4v) is 2.95. The number of fused-ring (bicyclic) bond motifs is 1. The van der Waals surface area contributed by atoms with Gasteiger partial charge in [0.1, 0.15) is 0 Å². The SMILES string of the molecule is O=c1[nH]c(O)c(Cc2cnn3c(NC4CC4)nc(NCc4cnccn4)nc23)[nH]1. The predicted molar refractivity (Wildman–Crippen MR) is 103 cm³/mol. The molecule has 0 saturated heterocycles. The van der Waals surface area contributed by atoms with Crippen molar-refractivity contribution in [2.45, 2.75) is 31.8 Å². The van der Waals surface area contributed by atoms with Crippen molar-refractivity contribution in [3.05, 3.63) is 52.2 Å². The predicted octanol–water partition coefficient (Wildman–Crippen LogP) is 0.413. The molecule has 1 aliphatic carbocycles. The maximum atomic E-state index is 11.4. The van der Waals surface area contributed by atoms with Crippen LogP contribution in [0.25, 0.3) is 5.65 Å². The zero-order valence-corrected chi connectivity index (χ0v) is 15.3. The second kappa shape index (κ2) is 6.89. The number of H-pyrrole nitrogens is 2. The van der Waals surface area contributed by atoms with Crippen molar-refractivity contribution < 1.29 is 5.11 Å². The van der Waals surface area contributed by atoms with E-state index in [0.717, 1.165) is 24.1 Å². The van der Waals surface area contributed by atoms with Crippen LogP contribution in [0.15, 0.2) is 29.6 Å². The van der Waals surface area contributed by atoms with Crippen LogP contribution in [0.3, 0.4) is 0 Å². The van der Waals surface area contributed by atoms with Gasteiger partial charge in [-0.1, -0.05) is 0 Å². The molecular weight excluding hydrogens is 376 g/mol. The fourth-order valence-electron chi connectivity index (χ4n) is 2.95. The molecule has 1 aliphatic rings. The quantitative estimate of drug-likeness (QED) is 0.299. The Morgan fingerprint density at radius 3 is 2.83 bits per heavy atom. The molecule has 0 atom stereocenters. The lowest BCUT2D eigenvalue weighted by Crippen LogP contribution is -2.13. The van der Waals surface area contributed by atoms with E-state index in [0.29, 0.717) is 35.8 Å². The van der Waals surface area contributed by atoms with Gasteiger partial charge in [-0.3, -0.25) is 15.0 Å². The third-order valence-corrected chi connectivity index (χ3v) is 4.55. The smallest absolute Gasteiger partial charge is 0.325 e. The van der Waals surface area contributed by atoms with Gasteiger partial charge in [0.2, 0.25) is 17.8 Å². The lowest BCUT2D eigenvalue weighted by Gasteiger charge is -2.10. The molecule has 4 aromatic rings. The summed E-state index contributed by atoms with van der Waals surface area (Å²) in [4.78, 5) is 33.7. The van der Waals surface area contributed by atoms with Gasteiger partial charge in [0, 0.05) is 30.4 Å². The maximum absolute atomic E-state index is 11.4.